The standard InChI is InChI=1S/C20H30N2O2.ClH/c1-20(2)14-22(13-12-18(20)21)19(23)16-10-6-7-11-17(16)24-15-8-4-3-5-9-15;/h6-7,10-11,15,18H,3-5,8-9,12-14,21H2,1-2H3;1H. The van der Waals surface area contributed by atoms with Crippen molar-refractivity contribution in [1.82, 2.24) is 4.90 Å². The maximum atomic E-state index is 13.1. The van der Waals surface area contributed by atoms with Crippen molar-refractivity contribution < 1.29 is 9.53 Å². The third kappa shape index (κ3) is 4.68. The zero-order valence-corrected chi connectivity index (χ0v) is 16.2. The van der Waals surface area contributed by atoms with E-state index in [1.807, 2.05) is 29.2 Å². The first-order chi connectivity index (χ1) is 11.5. The largest absolute Gasteiger partial charge is 0.490 e. The summed E-state index contributed by atoms with van der Waals surface area (Å²) >= 11 is 0. The van der Waals surface area contributed by atoms with Crippen LogP contribution in [0.2, 0.25) is 0 Å². The fourth-order valence-corrected chi connectivity index (χ4v) is 3.83. The van der Waals surface area contributed by atoms with Crippen LogP contribution in [0.15, 0.2) is 24.3 Å². The Morgan fingerprint density at radius 2 is 1.84 bits per heavy atom. The Bertz CT molecular complexity index is 585. The average Bonchev–Trinajstić information content (AvgIpc) is 2.58. The van der Waals surface area contributed by atoms with Gasteiger partial charge in [-0.1, -0.05) is 32.4 Å². The molecule has 2 N–H and O–H groups in total. The molecule has 2 aliphatic rings. The lowest BCUT2D eigenvalue weighted by atomic mass is 9.79. The van der Waals surface area contributed by atoms with Crippen molar-refractivity contribution in [1.29, 1.82) is 0 Å². The second kappa shape index (κ2) is 8.41. The number of ether oxygens (including phenoxy) is 1. The number of amides is 1. The predicted octanol–water partition coefficient (Wildman–Crippen LogP) is 4.02. The number of carbonyl (C=O) groups is 1. The van der Waals surface area contributed by atoms with Gasteiger partial charge in [0.05, 0.1) is 11.7 Å². The predicted molar refractivity (Wildman–Crippen MR) is 103 cm³/mol. The van der Waals surface area contributed by atoms with Crippen LogP contribution in [-0.4, -0.2) is 36.0 Å². The van der Waals surface area contributed by atoms with E-state index in [1.165, 1.54) is 19.3 Å². The highest BCUT2D eigenvalue weighted by molar-refractivity contribution is 5.97. The molecule has 140 valence electrons. The summed E-state index contributed by atoms with van der Waals surface area (Å²) in [6.07, 6.45) is 7.02. The zero-order chi connectivity index (χ0) is 17.2. The summed E-state index contributed by atoms with van der Waals surface area (Å²) in [7, 11) is 0. The Morgan fingerprint density at radius 1 is 1.16 bits per heavy atom. The van der Waals surface area contributed by atoms with E-state index >= 15 is 0 Å². The van der Waals surface area contributed by atoms with Gasteiger partial charge in [0, 0.05) is 19.1 Å². The van der Waals surface area contributed by atoms with Gasteiger partial charge in [0.25, 0.3) is 5.91 Å². The summed E-state index contributed by atoms with van der Waals surface area (Å²) in [6.45, 7) is 5.70. The molecule has 3 rings (SSSR count). The van der Waals surface area contributed by atoms with Crippen LogP contribution < -0.4 is 10.5 Å². The molecule has 1 atom stereocenters. The molecular weight excluding hydrogens is 336 g/mol. The Labute approximate surface area is 157 Å². The smallest absolute Gasteiger partial charge is 0.257 e. The average molecular weight is 367 g/mol. The van der Waals surface area contributed by atoms with E-state index < -0.39 is 0 Å². The van der Waals surface area contributed by atoms with Crippen LogP contribution in [0, 0.1) is 5.41 Å². The van der Waals surface area contributed by atoms with Gasteiger partial charge >= 0.3 is 0 Å². The third-order valence-corrected chi connectivity index (χ3v) is 5.56. The molecule has 0 aromatic heterocycles. The van der Waals surface area contributed by atoms with Gasteiger partial charge in [-0.2, -0.15) is 0 Å². The van der Waals surface area contributed by atoms with Crippen LogP contribution in [0.4, 0.5) is 0 Å². The Balaban J connectivity index is 0.00000225. The third-order valence-electron chi connectivity index (χ3n) is 5.56. The SMILES string of the molecule is CC1(C)CN(C(=O)c2ccccc2OC2CCCCC2)CCC1N.Cl. The monoisotopic (exact) mass is 366 g/mol. The number of nitrogens with two attached hydrogens (primary N) is 1. The summed E-state index contributed by atoms with van der Waals surface area (Å²) in [5.74, 6) is 0.809. The van der Waals surface area contributed by atoms with Crippen molar-refractivity contribution in [2.45, 2.75) is 64.5 Å². The lowest BCUT2D eigenvalue weighted by Gasteiger charge is -2.42. The van der Waals surface area contributed by atoms with Gasteiger partial charge in [0.2, 0.25) is 0 Å². The van der Waals surface area contributed by atoms with E-state index in [2.05, 4.69) is 13.8 Å². The molecule has 0 spiro atoms. The fourth-order valence-electron chi connectivity index (χ4n) is 3.83. The second-order valence-corrected chi connectivity index (χ2v) is 7.98. The minimum absolute atomic E-state index is 0. The number of piperidine rings is 1. The molecule has 4 nitrogen and oxygen atoms in total. The normalized spacial score (nSPS) is 23.6. The van der Waals surface area contributed by atoms with Crippen molar-refractivity contribution in [3.63, 3.8) is 0 Å². The Morgan fingerprint density at radius 3 is 2.52 bits per heavy atom. The highest BCUT2D eigenvalue weighted by atomic mass is 35.5. The van der Waals surface area contributed by atoms with Crippen molar-refractivity contribution in [3.05, 3.63) is 29.8 Å². The molecule has 1 unspecified atom stereocenters. The lowest BCUT2D eigenvalue weighted by Crippen LogP contribution is -2.54. The van der Waals surface area contributed by atoms with E-state index in [4.69, 9.17) is 10.5 Å². The van der Waals surface area contributed by atoms with Gasteiger partial charge in [0.15, 0.2) is 0 Å². The van der Waals surface area contributed by atoms with Gasteiger partial charge in [-0.15, -0.1) is 12.4 Å². The van der Waals surface area contributed by atoms with E-state index in [0.29, 0.717) is 12.1 Å². The van der Waals surface area contributed by atoms with Crippen molar-refractivity contribution >= 4 is 18.3 Å². The van der Waals surface area contributed by atoms with Crippen molar-refractivity contribution in [2.75, 3.05) is 13.1 Å². The van der Waals surface area contributed by atoms with Gasteiger partial charge in [-0.3, -0.25) is 4.79 Å². The number of halogens is 1. The quantitative estimate of drug-likeness (QED) is 0.878. The minimum Gasteiger partial charge on any atom is -0.490 e. The number of rotatable bonds is 3. The summed E-state index contributed by atoms with van der Waals surface area (Å²) in [5, 5.41) is 0. The van der Waals surface area contributed by atoms with Crippen LogP contribution in [0.3, 0.4) is 0 Å². The lowest BCUT2D eigenvalue weighted by molar-refractivity contribution is 0.0525. The molecular formula is C20H31ClN2O2. The molecule has 5 heteroatoms. The van der Waals surface area contributed by atoms with E-state index in [0.717, 1.165) is 31.6 Å². The minimum atomic E-state index is -0.0485. The maximum Gasteiger partial charge on any atom is 0.257 e. The maximum absolute atomic E-state index is 13.1. The highest BCUT2D eigenvalue weighted by Gasteiger charge is 2.36. The van der Waals surface area contributed by atoms with Crippen molar-refractivity contribution in [2.24, 2.45) is 11.1 Å². The summed E-state index contributed by atoms with van der Waals surface area (Å²) in [5.41, 5.74) is 6.85. The second-order valence-electron chi connectivity index (χ2n) is 7.98. The number of likely N-dealkylation sites (tertiary alicyclic amines) is 1. The number of nitrogens with zero attached hydrogens (tertiary/aromatic N) is 1. The van der Waals surface area contributed by atoms with Gasteiger partial charge in [0.1, 0.15) is 5.75 Å². The fraction of sp³-hybridized carbons (Fsp3) is 0.650. The number of benzene rings is 1. The number of hydrogen-bond donors (Lipinski definition) is 1. The topological polar surface area (TPSA) is 55.6 Å². The summed E-state index contributed by atoms with van der Waals surface area (Å²) < 4.78 is 6.20. The van der Waals surface area contributed by atoms with E-state index in [-0.39, 0.29) is 35.9 Å². The highest BCUT2D eigenvalue weighted by Crippen LogP contribution is 2.31. The van der Waals surface area contributed by atoms with Crippen LogP contribution in [-0.2, 0) is 0 Å². The molecule has 1 heterocycles. The van der Waals surface area contributed by atoms with Crippen LogP contribution in [0.5, 0.6) is 5.75 Å². The van der Waals surface area contributed by atoms with Crippen LogP contribution >= 0.6 is 12.4 Å². The number of para-hydroxylation sites is 1. The molecule has 25 heavy (non-hydrogen) atoms. The van der Waals surface area contributed by atoms with Crippen LogP contribution in [0.25, 0.3) is 0 Å². The molecule has 1 saturated heterocycles. The number of carbonyl (C=O) groups excluding carboxylic acids is 1. The molecule has 0 bridgehead atoms. The molecule has 1 aromatic rings. The van der Waals surface area contributed by atoms with Gasteiger partial charge < -0.3 is 15.4 Å². The van der Waals surface area contributed by atoms with E-state index in [9.17, 15) is 4.79 Å². The van der Waals surface area contributed by atoms with Gasteiger partial charge in [-0.05, 0) is 49.7 Å². The molecule has 1 aliphatic heterocycles. The Hall–Kier alpha value is -1.26. The van der Waals surface area contributed by atoms with Crippen molar-refractivity contribution in [3.8, 4) is 5.75 Å². The Kier molecular flexibility index (Phi) is 6.75. The van der Waals surface area contributed by atoms with E-state index in [1.54, 1.807) is 0 Å². The molecule has 1 saturated carbocycles. The van der Waals surface area contributed by atoms with Crippen LogP contribution in [0.1, 0.15) is 62.7 Å². The molecule has 2 fully saturated rings. The van der Waals surface area contributed by atoms with Gasteiger partial charge in [-0.25, -0.2) is 0 Å². The first-order valence-electron chi connectivity index (χ1n) is 9.28. The summed E-state index contributed by atoms with van der Waals surface area (Å²) in [4.78, 5) is 15.0. The summed E-state index contributed by atoms with van der Waals surface area (Å²) in [6, 6.07) is 7.84. The first-order valence-corrected chi connectivity index (χ1v) is 9.28. The molecule has 1 aliphatic carbocycles. The molecule has 1 amide bonds. The molecule has 1 aromatic carbocycles. The first kappa shape index (κ1) is 20.1. The zero-order valence-electron chi connectivity index (χ0n) is 15.4. The number of hydrogen-bond acceptors (Lipinski definition) is 3. The molecule has 0 radical (unpaired) electrons.